The van der Waals surface area contributed by atoms with E-state index in [0.29, 0.717) is 11.4 Å². The molecule has 18 heavy (non-hydrogen) atoms. The van der Waals surface area contributed by atoms with Gasteiger partial charge in [-0.1, -0.05) is 44.0 Å². The summed E-state index contributed by atoms with van der Waals surface area (Å²) in [6.07, 6.45) is 0. The zero-order valence-electron chi connectivity index (χ0n) is 9.37. The summed E-state index contributed by atoms with van der Waals surface area (Å²) in [5.74, 6) is 0. The van der Waals surface area contributed by atoms with Crippen LogP contribution >= 0.6 is 31.9 Å². The molecule has 0 fully saturated rings. The Morgan fingerprint density at radius 3 is 1.39 bits per heavy atom. The summed E-state index contributed by atoms with van der Waals surface area (Å²) in [4.78, 5) is 0. The van der Waals surface area contributed by atoms with E-state index in [0.717, 1.165) is 30.5 Å². The van der Waals surface area contributed by atoms with Crippen LogP contribution in [0, 0.1) is 0 Å². The van der Waals surface area contributed by atoms with Gasteiger partial charge in [-0.15, -0.1) is 0 Å². The topological polar surface area (TPSA) is 52.0 Å². The van der Waals surface area contributed by atoms with Gasteiger partial charge in [0, 0.05) is 19.7 Å². The van der Waals surface area contributed by atoms with Crippen LogP contribution in [0.1, 0.15) is 0 Å². The molecular weight excluding hydrogens is 356 g/mol. The predicted molar refractivity (Wildman–Crippen MR) is 85.7 cm³/mol. The second-order valence-electron chi connectivity index (χ2n) is 4.21. The molecule has 3 rings (SSSR count). The minimum atomic E-state index is 0.646. The van der Waals surface area contributed by atoms with Gasteiger partial charge >= 0.3 is 0 Å². The van der Waals surface area contributed by atoms with Crippen molar-refractivity contribution in [3.05, 3.63) is 45.3 Å². The SMILES string of the molecule is Nc1c(N)c2ccc(Br)cc2c2cc(Br)ccc12. The Morgan fingerprint density at radius 1 is 0.611 bits per heavy atom. The number of anilines is 2. The zero-order chi connectivity index (χ0) is 12.9. The number of nitrogen functional groups attached to an aromatic ring is 2. The molecule has 3 aromatic carbocycles. The van der Waals surface area contributed by atoms with E-state index in [1.807, 2.05) is 24.3 Å². The van der Waals surface area contributed by atoms with Gasteiger partial charge in [-0.3, -0.25) is 0 Å². The Morgan fingerprint density at radius 2 is 1.00 bits per heavy atom. The van der Waals surface area contributed by atoms with Crippen molar-refractivity contribution in [3.63, 3.8) is 0 Å². The monoisotopic (exact) mass is 364 g/mol. The molecule has 4 heteroatoms. The average molecular weight is 366 g/mol. The van der Waals surface area contributed by atoms with Crippen molar-refractivity contribution < 1.29 is 0 Å². The molecule has 0 aliphatic heterocycles. The summed E-state index contributed by atoms with van der Waals surface area (Å²) in [7, 11) is 0. The van der Waals surface area contributed by atoms with E-state index in [1.54, 1.807) is 0 Å². The number of hydrogen-bond donors (Lipinski definition) is 2. The highest BCUT2D eigenvalue weighted by molar-refractivity contribution is 9.10. The van der Waals surface area contributed by atoms with Crippen molar-refractivity contribution in [1.29, 1.82) is 0 Å². The number of benzene rings is 3. The average Bonchev–Trinajstić information content (AvgIpc) is 2.36. The van der Waals surface area contributed by atoms with Gasteiger partial charge in [0.15, 0.2) is 0 Å². The van der Waals surface area contributed by atoms with E-state index in [2.05, 4.69) is 44.0 Å². The Labute approximate surface area is 121 Å². The lowest BCUT2D eigenvalue weighted by Gasteiger charge is -2.12. The molecule has 2 nitrogen and oxygen atoms in total. The van der Waals surface area contributed by atoms with E-state index in [4.69, 9.17) is 11.5 Å². The number of halogens is 2. The van der Waals surface area contributed by atoms with Crippen LogP contribution in [0.2, 0.25) is 0 Å². The molecule has 0 saturated carbocycles. The number of rotatable bonds is 0. The smallest absolute Gasteiger partial charge is 0.0634 e. The van der Waals surface area contributed by atoms with Gasteiger partial charge in [0.05, 0.1) is 11.4 Å². The van der Waals surface area contributed by atoms with Gasteiger partial charge in [0.1, 0.15) is 0 Å². The summed E-state index contributed by atoms with van der Waals surface area (Å²) >= 11 is 6.99. The van der Waals surface area contributed by atoms with Crippen LogP contribution in [-0.4, -0.2) is 0 Å². The van der Waals surface area contributed by atoms with Crippen molar-refractivity contribution in [2.45, 2.75) is 0 Å². The minimum Gasteiger partial charge on any atom is -0.397 e. The Hall–Kier alpha value is -1.26. The fourth-order valence-corrected chi connectivity index (χ4v) is 2.96. The van der Waals surface area contributed by atoms with Crippen LogP contribution in [0.5, 0.6) is 0 Å². The molecule has 0 radical (unpaired) electrons. The largest absolute Gasteiger partial charge is 0.397 e. The molecule has 0 heterocycles. The van der Waals surface area contributed by atoms with Gasteiger partial charge in [-0.2, -0.15) is 0 Å². The molecular formula is C14H10Br2N2. The van der Waals surface area contributed by atoms with E-state index in [9.17, 15) is 0 Å². The third-order valence-corrected chi connectivity index (χ3v) is 4.11. The highest BCUT2D eigenvalue weighted by Gasteiger charge is 2.10. The molecule has 0 spiro atoms. The summed E-state index contributed by atoms with van der Waals surface area (Å²) in [6, 6.07) is 12.1. The molecule has 0 aliphatic rings. The maximum absolute atomic E-state index is 6.12. The van der Waals surface area contributed by atoms with E-state index >= 15 is 0 Å². The Kier molecular flexibility index (Phi) is 2.72. The summed E-state index contributed by atoms with van der Waals surface area (Å²) < 4.78 is 2.06. The third-order valence-electron chi connectivity index (χ3n) is 3.12. The third kappa shape index (κ3) is 1.68. The molecule has 3 aromatic rings. The normalized spacial score (nSPS) is 11.2. The zero-order valence-corrected chi connectivity index (χ0v) is 12.5. The van der Waals surface area contributed by atoms with Crippen LogP contribution in [0.25, 0.3) is 21.5 Å². The number of nitrogens with two attached hydrogens (primary N) is 2. The lowest BCUT2D eigenvalue weighted by molar-refractivity contribution is 1.68. The van der Waals surface area contributed by atoms with Crippen LogP contribution < -0.4 is 11.5 Å². The molecule has 0 aliphatic carbocycles. The van der Waals surface area contributed by atoms with Crippen molar-refractivity contribution in [2.24, 2.45) is 0 Å². The van der Waals surface area contributed by atoms with Gasteiger partial charge < -0.3 is 11.5 Å². The minimum absolute atomic E-state index is 0.646. The fraction of sp³-hybridized carbons (Fsp3) is 0. The summed E-state index contributed by atoms with van der Waals surface area (Å²) in [5.41, 5.74) is 13.5. The van der Waals surface area contributed by atoms with Crippen LogP contribution in [0.15, 0.2) is 45.3 Å². The standard InChI is InChI=1S/C14H10Br2N2/c15-7-1-3-9-11(5-7)12-6-8(16)2-4-10(12)14(18)13(9)17/h1-6H,17-18H2. The van der Waals surface area contributed by atoms with E-state index in [1.165, 1.54) is 0 Å². The van der Waals surface area contributed by atoms with Gasteiger partial charge in [-0.05, 0) is 35.0 Å². The lowest BCUT2D eigenvalue weighted by atomic mass is 9.99. The maximum atomic E-state index is 6.12. The molecule has 0 atom stereocenters. The number of hydrogen-bond acceptors (Lipinski definition) is 2. The molecule has 0 saturated heterocycles. The molecule has 4 N–H and O–H groups in total. The fourth-order valence-electron chi connectivity index (χ4n) is 2.24. The molecule has 0 bridgehead atoms. The van der Waals surface area contributed by atoms with Gasteiger partial charge in [0.25, 0.3) is 0 Å². The number of fused-ring (bicyclic) bond motifs is 3. The summed E-state index contributed by atoms with van der Waals surface area (Å²) in [6.45, 7) is 0. The van der Waals surface area contributed by atoms with Crippen molar-refractivity contribution in [3.8, 4) is 0 Å². The Bertz CT molecular complexity index is 715. The van der Waals surface area contributed by atoms with E-state index in [-0.39, 0.29) is 0 Å². The second kappa shape index (κ2) is 4.14. The highest BCUT2D eigenvalue weighted by Crippen LogP contribution is 2.38. The van der Waals surface area contributed by atoms with Crippen LogP contribution in [0.3, 0.4) is 0 Å². The predicted octanol–water partition coefficient (Wildman–Crippen LogP) is 4.68. The maximum Gasteiger partial charge on any atom is 0.0634 e. The van der Waals surface area contributed by atoms with Crippen LogP contribution in [0.4, 0.5) is 11.4 Å². The van der Waals surface area contributed by atoms with E-state index < -0.39 is 0 Å². The first-order valence-corrected chi connectivity index (χ1v) is 7.02. The highest BCUT2D eigenvalue weighted by atomic mass is 79.9. The first-order valence-electron chi connectivity index (χ1n) is 5.43. The Balaban J connectivity index is 2.64. The molecule has 0 amide bonds. The van der Waals surface area contributed by atoms with Crippen LogP contribution in [-0.2, 0) is 0 Å². The summed E-state index contributed by atoms with van der Waals surface area (Å²) in [5, 5.41) is 4.18. The lowest BCUT2D eigenvalue weighted by Crippen LogP contribution is -1.97. The van der Waals surface area contributed by atoms with Gasteiger partial charge in [0.2, 0.25) is 0 Å². The molecule has 0 unspecified atom stereocenters. The first-order chi connectivity index (χ1) is 8.58. The second-order valence-corrected chi connectivity index (χ2v) is 6.04. The van der Waals surface area contributed by atoms with Gasteiger partial charge in [-0.25, -0.2) is 0 Å². The quantitative estimate of drug-likeness (QED) is 0.345. The first kappa shape index (κ1) is 11.8. The van der Waals surface area contributed by atoms with Crippen molar-refractivity contribution in [2.75, 3.05) is 11.5 Å². The van der Waals surface area contributed by atoms with Crippen molar-refractivity contribution >= 4 is 64.8 Å². The molecule has 0 aromatic heterocycles. The molecule has 90 valence electrons. The van der Waals surface area contributed by atoms with Crippen molar-refractivity contribution in [1.82, 2.24) is 0 Å².